The van der Waals surface area contributed by atoms with E-state index in [1.54, 1.807) is 6.07 Å². The maximum atomic E-state index is 14.4. The average Bonchev–Trinajstić information content (AvgIpc) is 2.51. The van der Waals surface area contributed by atoms with Gasteiger partial charge in [-0.05, 0) is 43.9 Å². The zero-order chi connectivity index (χ0) is 15.1. The molecule has 118 valence electrons. The predicted octanol–water partition coefficient (Wildman–Crippen LogP) is 3.17. The summed E-state index contributed by atoms with van der Waals surface area (Å²) in [5.74, 6) is 0.0846. The summed E-state index contributed by atoms with van der Waals surface area (Å²) in [6, 6.07) is 5.38. The molecular formula is C17H26FNO2. The van der Waals surface area contributed by atoms with Crippen molar-refractivity contribution in [2.24, 2.45) is 5.41 Å². The minimum Gasteiger partial charge on any atom is -0.494 e. The Bertz CT molecular complexity index is 444. The van der Waals surface area contributed by atoms with Gasteiger partial charge in [-0.25, -0.2) is 4.39 Å². The lowest BCUT2D eigenvalue weighted by Gasteiger charge is -2.37. The Balaban J connectivity index is 2.14. The maximum Gasteiger partial charge on any atom is 0.168 e. The van der Waals surface area contributed by atoms with Crippen LogP contribution in [-0.2, 0) is 11.2 Å². The zero-order valence-electron chi connectivity index (χ0n) is 13.1. The molecule has 1 fully saturated rings. The van der Waals surface area contributed by atoms with Gasteiger partial charge >= 0.3 is 0 Å². The third kappa shape index (κ3) is 4.17. The molecule has 4 heteroatoms. The first-order chi connectivity index (χ1) is 10.2. The largest absolute Gasteiger partial charge is 0.494 e. The van der Waals surface area contributed by atoms with E-state index in [4.69, 9.17) is 9.47 Å². The van der Waals surface area contributed by atoms with Crippen LogP contribution in [-0.4, -0.2) is 33.4 Å². The van der Waals surface area contributed by atoms with Gasteiger partial charge in [-0.2, -0.15) is 0 Å². The smallest absolute Gasteiger partial charge is 0.168 e. The molecule has 1 aromatic rings. The Kier molecular flexibility index (Phi) is 6.00. The van der Waals surface area contributed by atoms with Gasteiger partial charge in [0.25, 0.3) is 0 Å². The fraction of sp³-hybridized carbons (Fsp3) is 0.647. The lowest BCUT2D eigenvalue weighted by Crippen LogP contribution is -2.43. The highest BCUT2D eigenvalue weighted by Crippen LogP contribution is 2.34. The van der Waals surface area contributed by atoms with Crippen LogP contribution in [0.1, 0.15) is 31.7 Å². The van der Waals surface area contributed by atoms with Gasteiger partial charge in [0.05, 0.1) is 13.7 Å². The van der Waals surface area contributed by atoms with Gasteiger partial charge in [-0.3, -0.25) is 0 Å². The Morgan fingerprint density at radius 3 is 2.95 bits per heavy atom. The van der Waals surface area contributed by atoms with E-state index in [-0.39, 0.29) is 11.2 Å². The van der Waals surface area contributed by atoms with E-state index in [1.807, 2.05) is 12.1 Å². The van der Waals surface area contributed by atoms with Crippen molar-refractivity contribution in [1.82, 2.24) is 5.32 Å². The molecule has 1 N–H and O–H groups in total. The van der Waals surface area contributed by atoms with E-state index in [2.05, 4.69) is 12.2 Å². The number of methoxy groups -OCH3 is 1. The van der Waals surface area contributed by atoms with Crippen LogP contribution in [0.3, 0.4) is 0 Å². The van der Waals surface area contributed by atoms with Crippen molar-refractivity contribution in [3.63, 3.8) is 0 Å². The van der Waals surface area contributed by atoms with Crippen LogP contribution in [0.15, 0.2) is 18.2 Å². The van der Waals surface area contributed by atoms with Crippen molar-refractivity contribution >= 4 is 0 Å². The van der Waals surface area contributed by atoms with Gasteiger partial charge in [0.2, 0.25) is 0 Å². The average molecular weight is 295 g/mol. The minimum absolute atomic E-state index is 0.0133. The molecule has 1 aliphatic rings. The number of hydrogen-bond acceptors (Lipinski definition) is 3. The fourth-order valence-corrected chi connectivity index (χ4v) is 3.04. The molecule has 21 heavy (non-hydrogen) atoms. The van der Waals surface area contributed by atoms with Crippen molar-refractivity contribution in [3.05, 3.63) is 29.6 Å². The maximum absolute atomic E-state index is 14.4. The van der Waals surface area contributed by atoms with E-state index in [0.717, 1.165) is 44.5 Å². The highest BCUT2D eigenvalue weighted by atomic mass is 19.1. The first-order valence-electron chi connectivity index (χ1n) is 7.80. The highest BCUT2D eigenvalue weighted by molar-refractivity contribution is 5.32. The predicted molar refractivity (Wildman–Crippen MR) is 82.3 cm³/mol. The molecule has 1 unspecified atom stereocenters. The SMILES string of the molecule is CCCNCC1(Cc2cccc(OC)c2F)CCCOC1. The number of ether oxygens (including phenoxy) is 2. The van der Waals surface area contributed by atoms with Gasteiger partial charge in [-0.15, -0.1) is 0 Å². The molecule has 2 rings (SSSR count). The summed E-state index contributed by atoms with van der Waals surface area (Å²) in [7, 11) is 1.50. The Morgan fingerprint density at radius 2 is 2.29 bits per heavy atom. The number of rotatable bonds is 7. The van der Waals surface area contributed by atoms with Gasteiger partial charge in [0.1, 0.15) is 0 Å². The summed E-state index contributed by atoms with van der Waals surface area (Å²) in [6.07, 6.45) is 3.90. The van der Waals surface area contributed by atoms with Crippen molar-refractivity contribution in [1.29, 1.82) is 0 Å². The molecule has 0 saturated carbocycles. The number of halogens is 1. The van der Waals surface area contributed by atoms with E-state index >= 15 is 0 Å². The summed E-state index contributed by atoms with van der Waals surface area (Å²) in [5, 5.41) is 3.48. The topological polar surface area (TPSA) is 30.5 Å². The molecule has 0 radical (unpaired) electrons. The first-order valence-corrected chi connectivity index (χ1v) is 7.80. The van der Waals surface area contributed by atoms with Crippen molar-refractivity contribution in [3.8, 4) is 5.75 Å². The van der Waals surface area contributed by atoms with Crippen LogP contribution in [0.2, 0.25) is 0 Å². The van der Waals surface area contributed by atoms with E-state index in [0.29, 0.717) is 18.8 Å². The van der Waals surface area contributed by atoms with Gasteiger partial charge in [0, 0.05) is 18.6 Å². The standard InChI is InChI=1S/C17H26FNO2/c1-3-9-19-12-17(8-5-10-21-13-17)11-14-6-4-7-15(20-2)16(14)18/h4,6-7,19H,3,5,8-13H2,1-2H3. The van der Waals surface area contributed by atoms with Gasteiger partial charge < -0.3 is 14.8 Å². The third-order valence-corrected chi connectivity index (χ3v) is 4.16. The van der Waals surface area contributed by atoms with Gasteiger partial charge in [0.15, 0.2) is 11.6 Å². The van der Waals surface area contributed by atoms with Crippen molar-refractivity contribution in [2.75, 3.05) is 33.4 Å². The second kappa shape index (κ2) is 7.76. The van der Waals surface area contributed by atoms with E-state index < -0.39 is 0 Å². The minimum atomic E-state index is -0.236. The monoisotopic (exact) mass is 295 g/mol. The molecule has 0 spiro atoms. The lowest BCUT2D eigenvalue weighted by molar-refractivity contribution is -0.00748. The van der Waals surface area contributed by atoms with Gasteiger partial charge in [-0.1, -0.05) is 19.1 Å². The van der Waals surface area contributed by atoms with E-state index in [1.165, 1.54) is 7.11 Å². The molecule has 1 atom stereocenters. The molecular weight excluding hydrogens is 269 g/mol. The second-order valence-corrected chi connectivity index (χ2v) is 5.94. The number of nitrogens with one attached hydrogen (secondary N) is 1. The Hall–Kier alpha value is -1.13. The number of benzene rings is 1. The fourth-order valence-electron chi connectivity index (χ4n) is 3.04. The summed E-state index contributed by atoms with van der Waals surface area (Å²) in [6.45, 7) is 5.52. The molecule has 1 aromatic carbocycles. The lowest BCUT2D eigenvalue weighted by atomic mass is 9.77. The second-order valence-electron chi connectivity index (χ2n) is 5.94. The molecule has 0 aliphatic carbocycles. The summed E-state index contributed by atoms with van der Waals surface area (Å²) in [5.41, 5.74) is 0.707. The molecule has 0 amide bonds. The first kappa shape index (κ1) is 16.2. The van der Waals surface area contributed by atoms with Crippen molar-refractivity contribution < 1.29 is 13.9 Å². The third-order valence-electron chi connectivity index (χ3n) is 4.16. The van der Waals surface area contributed by atoms with Crippen LogP contribution in [0, 0.1) is 11.2 Å². The normalized spacial score (nSPS) is 22.2. The summed E-state index contributed by atoms with van der Waals surface area (Å²) >= 11 is 0. The molecule has 1 aliphatic heterocycles. The van der Waals surface area contributed by atoms with Crippen LogP contribution < -0.4 is 10.1 Å². The molecule has 0 bridgehead atoms. The zero-order valence-corrected chi connectivity index (χ0v) is 13.1. The van der Waals surface area contributed by atoms with Crippen molar-refractivity contribution in [2.45, 2.75) is 32.6 Å². The molecule has 3 nitrogen and oxygen atoms in total. The Morgan fingerprint density at radius 1 is 1.43 bits per heavy atom. The Labute approximate surface area is 126 Å². The van der Waals surface area contributed by atoms with E-state index in [9.17, 15) is 4.39 Å². The summed E-state index contributed by atoms with van der Waals surface area (Å²) in [4.78, 5) is 0. The molecule has 0 aromatic heterocycles. The molecule has 1 heterocycles. The van der Waals surface area contributed by atoms with Crippen LogP contribution in [0.4, 0.5) is 4.39 Å². The van der Waals surface area contributed by atoms with Crippen LogP contribution in [0.25, 0.3) is 0 Å². The highest BCUT2D eigenvalue weighted by Gasteiger charge is 2.33. The molecule has 1 saturated heterocycles. The quantitative estimate of drug-likeness (QED) is 0.784. The van der Waals surface area contributed by atoms with Crippen LogP contribution >= 0.6 is 0 Å². The number of hydrogen-bond donors (Lipinski definition) is 1. The summed E-state index contributed by atoms with van der Waals surface area (Å²) < 4.78 is 25.2. The van der Waals surface area contributed by atoms with Crippen LogP contribution in [0.5, 0.6) is 5.75 Å².